The first-order valence-corrected chi connectivity index (χ1v) is 9.06. The highest BCUT2D eigenvalue weighted by Gasteiger charge is 2.29. The molecule has 2 amide bonds. The molecular formula is C18H18ClF3N4O2. The van der Waals surface area contributed by atoms with Gasteiger partial charge in [-0.05, 0) is 31.0 Å². The van der Waals surface area contributed by atoms with E-state index < -0.39 is 18.6 Å². The molecule has 1 aliphatic heterocycles. The van der Waals surface area contributed by atoms with E-state index in [1.165, 1.54) is 6.07 Å². The van der Waals surface area contributed by atoms with Crippen LogP contribution in [0.1, 0.15) is 45.3 Å². The van der Waals surface area contributed by atoms with Gasteiger partial charge in [-0.25, -0.2) is 0 Å². The van der Waals surface area contributed by atoms with Crippen LogP contribution in [0.15, 0.2) is 30.3 Å². The summed E-state index contributed by atoms with van der Waals surface area (Å²) >= 11 is 6.08. The van der Waals surface area contributed by atoms with E-state index in [-0.39, 0.29) is 17.5 Å². The van der Waals surface area contributed by atoms with Crippen LogP contribution < -0.4 is 5.32 Å². The summed E-state index contributed by atoms with van der Waals surface area (Å²) in [5, 5.41) is 8.71. The van der Waals surface area contributed by atoms with Gasteiger partial charge in [0.1, 0.15) is 12.2 Å². The van der Waals surface area contributed by atoms with Gasteiger partial charge in [-0.1, -0.05) is 23.7 Å². The highest BCUT2D eigenvalue weighted by atomic mass is 35.5. The third-order valence-electron chi connectivity index (χ3n) is 4.61. The fourth-order valence-electron chi connectivity index (χ4n) is 3.13. The molecule has 0 bridgehead atoms. The normalized spacial score (nSPS) is 15.5. The van der Waals surface area contributed by atoms with Gasteiger partial charge in [-0.15, -0.1) is 0 Å². The van der Waals surface area contributed by atoms with Crippen molar-refractivity contribution in [2.45, 2.75) is 24.9 Å². The molecular weight excluding hydrogens is 397 g/mol. The van der Waals surface area contributed by atoms with E-state index in [9.17, 15) is 22.8 Å². The molecule has 0 saturated carbocycles. The summed E-state index contributed by atoms with van der Waals surface area (Å²) in [5.74, 6) is -0.987. The second kappa shape index (κ2) is 8.22. The van der Waals surface area contributed by atoms with Crippen molar-refractivity contribution >= 4 is 23.4 Å². The van der Waals surface area contributed by atoms with E-state index in [1.54, 1.807) is 34.5 Å². The molecule has 1 aromatic heterocycles. The first kappa shape index (κ1) is 20.2. The molecule has 0 spiro atoms. The number of likely N-dealkylation sites (tertiary alicyclic amines) is 1. The molecule has 3 rings (SSSR count). The summed E-state index contributed by atoms with van der Waals surface area (Å²) in [5.41, 5.74) is 1.03. The van der Waals surface area contributed by atoms with Gasteiger partial charge in [0.2, 0.25) is 0 Å². The van der Waals surface area contributed by atoms with E-state index in [2.05, 4.69) is 10.2 Å². The maximum Gasteiger partial charge on any atom is 0.405 e. The van der Waals surface area contributed by atoms with E-state index in [0.29, 0.717) is 42.2 Å². The number of piperidine rings is 1. The Bertz CT molecular complexity index is 861. The number of aromatic amines is 1. The smallest absolute Gasteiger partial charge is 0.342 e. The Morgan fingerprint density at radius 1 is 1.25 bits per heavy atom. The lowest BCUT2D eigenvalue weighted by Crippen LogP contribution is -2.38. The second-order valence-electron chi connectivity index (χ2n) is 6.55. The molecule has 150 valence electrons. The maximum absolute atomic E-state index is 12.6. The van der Waals surface area contributed by atoms with Gasteiger partial charge >= 0.3 is 6.18 Å². The molecule has 0 atom stereocenters. The zero-order valence-corrected chi connectivity index (χ0v) is 15.5. The number of rotatable bonds is 4. The topological polar surface area (TPSA) is 78.1 Å². The molecule has 2 aromatic rings. The van der Waals surface area contributed by atoms with Gasteiger partial charge < -0.3 is 10.2 Å². The van der Waals surface area contributed by atoms with Crippen molar-refractivity contribution in [3.63, 3.8) is 0 Å². The fourth-order valence-corrected chi connectivity index (χ4v) is 3.35. The van der Waals surface area contributed by atoms with Crippen LogP contribution in [0, 0.1) is 0 Å². The third-order valence-corrected chi connectivity index (χ3v) is 4.94. The number of hydrogen-bond acceptors (Lipinski definition) is 3. The first-order valence-electron chi connectivity index (χ1n) is 8.68. The highest BCUT2D eigenvalue weighted by molar-refractivity contribution is 6.33. The molecule has 28 heavy (non-hydrogen) atoms. The standard InChI is InChI=1S/C18H18ClF3N4O2/c19-13-4-2-1-3-12(13)17(28)26-7-5-11(6-8-26)14-9-15(25-24-14)16(27)23-10-18(20,21)22/h1-4,9,11H,5-8,10H2,(H,23,27)(H,24,25). The van der Waals surface area contributed by atoms with Crippen molar-refractivity contribution in [1.29, 1.82) is 0 Å². The number of carbonyl (C=O) groups is 2. The predicted octanol–water partition coefficient (Wildman–Crippen LogP) is 3.38. The van der Waals surface area contributed by atoms with Crippen molar-refractivity contribution in [3.05, 3.63) is 52.3 Å². The van der Waals surface area contributed by atoms with Crippen LogP contribution >= 0.6 is 11.6 Å². The van der Waals surface area contributed by atoms with Crippen molar-refractivity contribution in [3.8, 4) is 0 Å². The number of nitrogens with zero attached hydrogens (tertiary/aromatic N) is 2. The van der Waals surface area contributed by atoms with Crippen LogP contribution in [-0.4, -0.2) is 52.7 Å². The zero-order chi connectivity index (χ0) is 20.3. The van der Waals surface area contributed by atoms with E-state index >= 15 is 0 Å². The monoisotopic (exact) mass is 414 g/mol. The fraction of sp³-hybridized carbons (Fsp3) is 0.389. The van der Waals surface area contributed by atoms with Crippen molar-refractivity contribution in [2.75, 3.05) is 19.6 Å². The predicted molar refractivity (Wildman–Crippen MR) is 96.3 cm³/mol. The maximum atomic E-state index is 12.6. The van der Waals surface area contributed by atoms with Gasteiger partial charge in [-0.3, -0.25) is 14.7 Å². The third kappa shape index (κ3) is 4.83. The van der Waals surface area contributed by atoms with E-state index in [1.807, 2.05) is 0 Å². The van der Waals surface area contributed by atoms with E-state index in [4.69, 9.17) is 11.6 Å². The van der Waals surface area contributed by atoms with Gasteiger partial charge in [0.05, 0.1) is 10.6 Å². The van der Waals surface area contributed by atoms with Crippen LogP contribution in [0.3, 0.4) is 0 Å². The van der Waals surface area contributed by atoms with E-state index in [0.717, 1.165) is 0 Å². The lowest BCUT2D eigenvalue weighted by atomic mass is 9.93. The van der Waals surface area contributed by atoms with Crippen LogP contribution in [0.5, 0.6) is 0 Å². The largest absolute Gasteiger partial charge is 0.405 e. The first-order chi connectivity index (χ1) is 13.2. The number of nitrogens with one attached hydrogen (secondary N) is 2. The Morgan fingerprint density at radius 2 is 1.93 bits per heavy atom. The summed E-state index contributed by atoms with van der Waals surface area (Å²) < 4.78 is 36.6. The number of alkyl halides is 3. The van der Waals surface area contributed by atoms with Gasteiger partial charge in [-0.2, -0.15) is 18.3 Å². The number of carbonyl (C=O) groups excluding carboxylic acids is 2. The molecule has 1 aliphatic rings. The molecule has 1 saturated heterocycles. The number of halogens is 4. The number of H-pyrrole nitrogens is 1. The minimum absolute atomic E-state index is 0.0342. The lowest BCUT2D eigenvalue weighted by molar-refractivity contribution is -0.123. The van der Waals surface area contributed by atoms with Crippen LogP contribution in [0.25, 0.3) is 0 Å². The molecule has 0 radical (unpaired) electrons. The summed E-state index contributed by atoms with van der Waals surface area (Å²) in [6.45, 7) is -0.400. The Hall–Kier alpha value is -2.55. The van der Waals surface area contributed by atoms with Crippen LogP contribution in [0.4, 0.5) is 13.2 Å². The Labute approximate surface area is 164 Å². The molecule has 10 heteroatoms. The Balaban J connectivity index is 1.57. The lowest BCUT2D eigenvalue weighted by Gasteiger charge is -2.31. The quantitative estimate of drug-likeness (QED) is 0.805. The molecule has 2 heterocycles. The van der Waals surface area contributed by atoms with Gasteiger partial charge in [0, 0.05) is 24.7 Å². The Morgan fingerprint density at radius 3 is 2.57 bits per heavy atom. The molecule has 1 fully saturated rings. The number of hydrogen-bond donors (Lipinski definition) is 2. The van der Waals surface area contributed by atoms with Crippen molar-refractivity contribution in [1.82, 2.24) is 20.4 Å². The second-order valence-corrected chi connectivity index (χ2v) is 6.96. The average Bonchev–Trinajstić information content (AvgIpc) is 3.16. The summed E-state index contributed by atoms with van der Waals surface area (Å²) in [7, 11) is 0. The van der Waals surface area contributed by atoms with Gasteiger partial charge in [0.15, 0.2) is 0 Å². The zero-order valence-electron chi connectivity index (χ0n) is 14.7. The number of aromatic nitrogens is 2. The highest BCUT2D eigenvalue weighted by Crippen LogP contribution is 2.28. The number of benzene rings is 1. The minimum atomic E-state index is -4.48. The SMILES string of the molecule is O=C(NCC(F)(F)F)c1cc(C2CCN(C(=O)c3ccccc3Cl)CC2)[nH]n1. The molecule has 1 aromatic carbocycles. The summed E-state index contributed by atoms with van der Waals surface area (Å²) in [4.78, 5) is 26.1. The molecule has 0 unspecified atom stereocenters. The average molecular weight is 415 g/mol. The molecule has 2 N–H and O–H groups in total. The van der Waals surface area contributed by atoms with Crippen LogP contribution in [0.2, 0.25) is 5.02 Å². The summed E-state index contributed by atoms with van der Waals surface area (Å²) in [6, 6.07) is 8.31. The van der Waals surface area contributed by atoms with Crippen molar-refractivity contribution in [2.24, 2.45) is 0 Å². The Kier molecular flexibility index (Phi) is 5.93. The van der Waals surface area contributed by atoms with Crippen LogP contribution in [-0.2, 0) is 0 Å². The van der Waals surface area contributed by atoms with Gasteiger partial charge in [0.25, 0.3) is 11.8 Å². The molecule has 0 aliphatic carbocycles. The number of amides is 2. The minimum Gasteiger partial charge on any atom is -0.342 e. The van der Waals surface area contributed by atoms with Crippen molar-refractivity contribution < 1.29 is 22.8 Å². The molecule has 6 nitrogen and oxygen atoms in total. The summed E-state index contributed by atoms with van der Waals surface area (Å²) in [6.07, 6.45) is -3.19.